The standard InChI is InChI=1S/C19H20N2O2/c1-21-17-10-9-16(13-15(17)8-12-19(21)23)20-18(22)11-7-14-5-3-2-4-6-14/h2-6,9-10,13H,7-8,11-12H2,1H3,(H,20,22). The SMILES string of the molecule is CN1C(=O)CCc2cc(NC(=O)CCc3ccccc3)ccc21. The van der Waals surface area contributed by atoms with E-state index in [-0.39, 0.29) is 11.8 Å². The van der Waals surface area contributed by atoms with Gasteiger partial charge in [0.1, 0.15) is 0 Å². The van der Waals surface area contributed by atoms with Crippen LogP contribution in [0.2, 0.25) is 0 Å². The van der Waals surface area contributed by atoms with Crippen LogP contribution in [-0.4, -0.2) is 18.9 Å². The first-order chi connectivity index (χ1) is 11.1. The number of aryl methyl sites for hydroxylation is 2. The van der Waals surface area contributed by atoms with Crippen molar-refractivity contribution in [3.8, 4) is 0 Å². The second kappa shape index (κ2) is 6.65. The summed E-state index contributed by atoms with van der Waals surface area (Å²) in [6.07, 6.45) is 2.44. The normalized spacial score (nSPS) is 13.6. The summed E-state index contributed by atoms with van der Waals surface area (Å²) in [6, 6.07) is 15.7. The summed E-state index contributed by atoms with van der Waals surface area (Å²) >= 11 is 0. The molecule has 4 nitrogen and oxygen atoms in total. The van der Waals surface area contributed by atoms with Gasteiger partial charge in [-0.3, -0.25) is 9.59 Å². The number of fused-ring (bicyclic) bond motifs is 1. The van der Waals surface area contributed by atoms with Gasteiger partial charge < -0.3 is 10.2 Å². The highest BCUT2D eigenvalue weighted by Crippen LogP contribution is 2.29. The largest absolute Gasteiger partial charge is 0.326 e. The van der Waals surface area contributed by atoms with E-state index in [0.717, 1.165) is 35.3 Å². The predicted molar refractivity (Wildman–Crippen MR) is 91.6 cm³/mol. The molecule has 0 atom stereocenters. The van der Waals surface area contributed by atoms with Gasteiger partial charge in [-0.15, -0.1) is 0 Å². The molecule has 0 saturated heterocycles. The third-order valence-corrected chi connectivity index (χ3v) is 4.19. The lowest BCUT2D eigenvalue weighted by atomic mass is 10.0. The lowest BCUT2D eigenvalue weighted by Crippen LogP contribution is -2.31. The van der Waals surface area contributed by atoms with E-state index in [1.807, 2.05) is 48.5 Å². The van der Waals surface area contributed by atoms with Gasteiger partial charge in [-0.25, -0.2) is 0 Å². The number of nitrogens with one attached hydrogen (secondary N) is 1. The van der Waals surface area contributed by atoms with E-state index in [0.29, 0.717) is 12.8 Å². The van der Waals surface area contributed by atoms with Gasteiger partial charge in [0.2, 0.25) is 11.8 Å². The van der Waals surface area contributed by atoms with Crippen molar-refractivity contribution >= 4 is 23.2 Å². The van der Waals surface area contributed by atoms with Crippen LogP contribution in [0.1, 0.15) is 24.0 Å². The van der Waals surface area contributed by atoms with Gasteiger partial charge in [-0.2, -0.15) is 0 Å². The van der Waals surface area contributed by atoms with Gasteiger partial charge in [0, 0.05) is 31.3 Å². The molecule has 0 fully saturated rings. The van der Waals surface area contributed by atoms with Gasteiger partial charge >= 0.3 is 0 Å². The molecule has 1 N–H and O–H groups in total. The number of hydrogen-bond acceptors (Lipinski definition) is 2. The smallest absolute Gasteiger partial charge is 0.227 e. The zero-order chi connectivity index (χ0) is 16.2. The van der Waals surface area contributed by atoms with E-state index in [2.05, 4.69) is 5.32 Å². The molecule has 0 aromatic heterocycles. The Morgan fingerprint density at radius 1 is 1.13 bits per heavy atom. The number of nitrogens with zero attached hydrogens (tertiary/aromatic N) is 1. The number of anilines is 2. The van der Waals surface area contributed by atoms with Crippen LogP contribution in [0.25, 0.3) is 0 Å². The summed E-state index contributed by atoms with van der Waals surface area (Å²) in [4.78, 5) is 25.5. The van der Waals surface area contributed by atoms with E-state index in [1.54, 1.807) is 11.9 Å². The fourth-order valence-corrected chi connectivity index (χ4v) is 2.86. The summed E-state index contributed by atoms with van der Waals surface area (Å²) in [5, 5.41) is 2.95. The van der Waals surface area contributed by atoms with Crippen molar-refractivity contribution in [3.63, 3.8) is 0 Å². The molecule has 0 aliphatic carbocycles. The number of rotatable bonds is 4. The monoisotopic (exact) mass is 308 g/mol. The van der Waals surface area contributed by atoms with Crippen LogP contribution in [-0.2, 0) is 22.4 Å². The average Bonchev–Trinajstić information content (AvgIpc) is 2.57. The molecule has 0 unspecified atom stereocenters. The maximum Gasteiger partial charge on any atom is 0.227 e. The second-order valence-electron chi connectivity index (χ2n) is 5.83. The summed E-state index contributed by atoms with van der Waals surface area (Å²) in [5.74, 6) is 0.145. The topological polar surface area (TPSA) is 49.4 Å². The molecular weight excluding hydrogens is 288 g/mol. The van der Waals surface area contributed by atoms with Gasteiger partial charge in [0.15, 0.2) is 0 Å². The van der Waals surface area contributed by atoms with Crippen molar-refractivity contribution in [2.24, 2.45) is 0 Å². The van der Waals surface area contributed by atoms with E-state index < -0.39 is 0 Å². The zero-order valence-corrected chi connectivity index (χ0v) is 13.2. The third-order valence-electron chi connectivity index (χ3n) is 4.19. The highest BCUT2D eigenvalue weighted by Gasteiger charge is 2.20. The molecule has 1 heterocycles. The molecule has 0 radical (unpaired) electrons. The predicted octanol–water partition coefficient (Wildman–Crippen LogP) is 3.17. The molecule has 3 rings (SSSR count). The number of benzene rings is 2. The Labute approximate surface area is 136 Å². The fourth-order valence-electron chi connectivity index (χ4n) is 2.86. The zero-order valence-electron chi connectivity index (χ0n) is 13.2. The minimum absolute atomic E-state index is 0.00837. The van der Waals surface area contributed by atoms with E-state index >= 15 is 0 Å². The average molecular weight is 308 g/mol. The molecule has 0 bridgehead atoms. The molecule has 4 heteroatoms. The van der Waals surface area contributed by atoms with E-state index in [9.17, 15) is 9.59 Å². The van der Waals surface area contributed by atoms with Crippen molar-refractivity contribution in [2.75, 3.05) is 17.3 Å². The van der Waals surface area contributed by atoms with Gasteiger partial charge in [-0.1, -0.05) is 30.3 Å². The highest BCUT2D eigenvalue weighted by atomic mass is 16.2. The van der Waals surface area contributed by atoms with Crippen LogP contribution in [0, 0.1) is 0 Å². The van der Waals surface area contributed by atoms with Crippen LogP contribution >= 0.6 is 0 Å². The first kappa shape index (κ1) is 15.3. The minimum atomic E-state index is 0.00837. The molecule has 2 aromatic carbocycles. The van der Waals surface area contributed by atoms with Crippen LogP contribution in [0.4, 0.5) is 11.4 Å². The number of carbonyl (C=O) groups is 2. The van der Waals surface area contributed by atoms with Crippen molar-refractivity contribution in [3.05, 3.63) is 59.7 Å². The number of carbonyl (C=O) groups excluding carboxylic acids is 2. The third kappa shape index (κ3) is 3.59. The van der Waals surface area contributed by atoms with Crippen LogP contribution in [0.3, 0.4) is 0 Å². The molecule has 23 heavy (non-hydrogen) atoms. The summed E-state index contributed by atoms with van der Waals surface area (Å²) in [5.41, 5.74) is 3.99. The van der Waals surface area contributed by atoms with Crippen molar-refractivity contribution in [1.82, 2.24) is 0 Å². The molecular formula is C19H20N2O2. The Balaban J connectivity index is 1.62. The maximum absolute atomic E-state index is 12.1. The molecule has 2 amide bonds. The van der Waals surface area contributed by atoms with Gasteiger partial charge in [0.25, 0.3) is 0 Å². The van der Waals surface area contributed by atoms with E-state index in [4.69, 9.17) is 0 Å². The second-order valence-corrected chi connectivity index (χ2v) is 5.83. The summed E-state index contributed by atoms with van der Waals surface area (Å²) in [7, 11) is 1.79. The van der Waals surface area contributed by atoms with Gasteiger partial charge in [0.05, 0.1) is 0 Å². The highest BCUT2D eigenvalue weighted by molar-refractivity contribution is 5.97. The summed E-state index contributed by atoms with van der Waals surface area (Å²) < 4.78 is 0. The van der Waals surface area contributed by atoms with E-state index in [1.165, 1.54) is 0 Å². The number of hydrogen-bond donors (Lipinski definition) is 1. The Morgan fingerprint density at radius 3 is 2.70 bits per heavy atom. The van der Waals surface area contributed by atoms with Crippen molar-refractivity contribution in [2.45, 2.75) is 25.7 Å². The lowest BCUT2D eigenvalue weighted by Gasteiger charge is -2.26. The first-order valence-electron chi connectivity index (χ1n) is 7.87. The molecule has 1 aliphatic heterocycles. The Kier molecular flexibility index (Phi) is 4.42. The molecule has 0 saturated carbocycles. The molecule has 0 spiro atoms. The molecule has 118 valence electrons. The maximum atomic E-state index is 12.1. The van der Waals surface area contributed by atoms with Crippen LogP contribution in [0.5, 0.6) is 0 Å². The molecule has 2 aromatic rings. The molecule has 1 aliphatic rings. The lowest BCUT2D eigenvalue weighted by molar-refractivity contribution is -0.118. The first-order valence-corrected chi connectivity index (χ1v) is 7.87. The number of amides is 2. The van der Waals surface area contributed by atoms with Crippen molar-refractivity contribution in [1.29, 1.82) is 0 Å². The van der Waals surface area contributed by atoms with Crippen LogP contribution < -0.4 is 10.2 Å². The Morgan fingerprint density at radius 2 is 1.91 bits per heavy atom. The minimum Gasteiger partial charge on any atom is -0.326 e. The Bertz CT molecular complexity index is 725. The van der Waals surface area contributed by atoms with Crippen molar-refractivity contribution < 1.29 is 9.59 Å². The quantitative estimate of drug-likeness (QED) is 0.943. The summed E-state index contributed by atoms with van der Waals surface area (Å²) in [6.45, 7) is 0. The fraction of sp³-hybridized carbons (Fsp3) is 0.263. The van der Waals surface area contributed by atoms with Crippen LogP contribution in [0.15, 0.2) is 48.5 Å². The Hall–Kier alpha value is -2.62. The van der Waals surface area contributed by atoms with Gasteiger partial charge in [-0.05, 0) is 42.2 Å².